The number of halogens is 2. The smallest absolute Gasteiger partial charge is 1.00 e. The van der Waals surface area contributed by atoms with Gasteiger partial charge in [-0.05, 0) is 34.8 Å². The first-order chi connectivity index (χ1) is 31.8. The Hall–Kier alpha value is -2.07. The van der Waals surface area contributed by atoms with E-state index >= 15 is 0 Å². The van der Waals surface area contributed by atoms with Gasteiger partial charge in [0.2, 0.25) is 0 Å². The zero-order valence-corrected chi connectivity index (χ0v) is 55.8. The van der Waals surface area contributed by atoms with Crippen molar-refractivity contribution in [3.8, 4) is 22.3 Å². The third-order valence-corrected chi connectivity index (χ3v) is 12.6. The van der Waals surface area contributed by atoms with Crippen LogP contribution in [0.3, 0.4) is 0 Å². The summed E-state index contributed by atoms with van der Waals surface area (Å²) in [5, 5.41) is 0. The molecule has 0 N–H and O–H groups in total. The van der Waals surface area contributed by atoms with Crippen molar-refractivity contribution in [3.63, 3.8) is 0 Å². The molecule has 388 valence electrons. The fourth-order valence-corrected chi connectivity index (χ4v) is 8.08. The van der Waals surface area contributed by atoms with Crippen LogP contribution in [0.5, 0.6) is 0 Å². The van der Waals surface area contributed by atoms with Gasteiger partial charge in [-0.25, -0.2) is 12.2 Å². The van der Waals surface area contributed by atoms with Gasteiger partial charge in [0, 0.05) is 0 Å². The quantitative estimate of drug-likeness (QED) is 0.133. The summed E-state index contributed by atoms with van der Waals surface area (Å²) in [6.07, 6.45) is 17.4. The predicted molar refractivity (Wildman–Crippen MR) is 304 cm³/mol. The molecular formula is C68H92Cl2Zr2-2. The Morgan fingerprint density at radius 2 is 0.681 bits per heavy atom. The van der Waals surface area contributed by atoms with E-state index in [0.29, 0.717) is 22.7 Å². The van der Waals surface area contributed by atoms with Gasteiger partial charge in [0.05, 0.1) is 0 Å². The van der Waals surface area contributed by atoms with Crippen LogP contribution < -0.4 is 24.8 Å². The summed E-state index contributed by atoms with van der Waals surface area (Å²) in [5.41, 5.74) is 21.0. The summed E-state index contributed by atoms with van der Waals surface area (Å²) in [6.45, 7) is 53.5. The molecule has 0 spiro atoms. The molecule has 0 bridgehead atoms. The molecule has 2 unspecified atom stereocenters. The summed E-state index contributed by atoms with van der Waals surface area (Å²) in [7, 11) is 0. The van der Waals surface area contributed by atoms with E-state index in [1.807, 2.05) is 0 Å². The van der Waals surface area contributed by atoms with Gasteiger partial charge in [-0.3, -0.25) is 12.2 Å². The Kier molecular flexibility index (Phi) is 25.8. The van der Waals surface area contributed by atoms with Gasteiger partial charge in [-0.2, -0.15) is 82.0 Å². The van der Waals surface area contributed by atoms with Crippen LogP contribution in [-0.4, -0.2) is 6.41 Å². The molecule has 0 amide bonds. The maximum atomic E-state index is 3.53. The van der Waals surface area contributed by atoms with Gasteiger partial charge >= 0.3 is 82.6 Å². The van der Waals surface area contributed by atoms with E-state index in [-0.39, 0.29) is 46.5 Å². The van der Waals surface area contributed by atoms with Gasteiger partial charge in [0.15, 0.2) is 0 Å². The van der Waals surface area contributed by atoms with E-state index in [9.17, 15) is 0 Å². The third-order valence-electron chi connectivity index (χ3n) is 12.6. The number of hydrogen-bond donors (Lipinski definition) is 0. The maximum absolute atomic E-state index is 3.53. The average molecular weight is 1160 g/mol. The molecule has 4 heteroatoms. The fourth-order valence-electron chi connectivity index (χ4n) is 8.08. The molecule has 72 heavy (non-hydrogen) atoms. The van der Waals surface area contributed by atoms with Crippen LogP contribution in [0, 0.1) is 47.0 Å². The van der Waals surface area contributed by atoms with E-state index in [4.69, 9.17) is 0 Å². The van der Waals surface area contributed by atoms with E-state index in [2.05, 4.69) is 275 Å². The van der Waals surface area contributed by atoms with Crippen LogP contribution in [0.15, 0.2) is 96.1 Å². The fraction of sp³-hybridized carbons (Fsp3) is 0.500. The molecule has 0 saturated carbocycles. The van der Waals surface area contributed by atoms with Gasteiger partial charge in [-0.1, -0.05) is 231 Å². The molecule has 0 radical (unpaired) electrons. The van der Waals surface area contributed by atoms with Gasteiger partial charge in [0.1, 0.15) is 0 Å². The summed E-state index contributed by atoms with van der Waals surface area (Å²) in [5.74, 6) is 1.04. The van der Waals surface area contributed by atoms with Crippen LogP contribution in [0.1, 0.15) is 211 Å². The first kappa shape index (κ1) is 67.9. The number of fused-ring (bicyclic) bond motifs is 6. The minimum absolute atomic E-state index is 0. The average Bonchev–Trinajstić information content (AvgIpc) is 4.00. The Morgan fingerprint density at radius 3 is 0.889 bits per heavy atom. The largest absolute Gasteiger partial charge is 1.00 e. The van der Waals surface area contributed by atoms with Gasteiger partial charge in [-0.15, -0.1) is 11.1 Å². The molecule has 4 aliphatic carbocycles. The molecule has 8 rings (SSSR count). The van der Waals surface area contributed by atoms with Gasteiger partial charge < -0.3 is 24.8 Å². The second-order valence-electron chi connectivity index (χ2n) is 26.6. The Labute approximate surface area is 485 Å². The third kappa shape index (κ3) is 21.2. The maximum Gasteiger partial charge on any atom is -1.00 e. The first-order valence-electron chi connectivity index (χ1n) is 25.8. The van der Waals surface area contributed by atoms with Crippen LogP contribution in [0.4, 0.5) is 0 Å². The van der Waals surface area contributed by atoms with Crippen molar-refractivity contribution < 1.29 is 73.3 Å². The Morgan fingerprint density at radius 1 is 0.417 bits per heavy atom. The normalized spacial score (nSPS) is 15.9. The van der Waals surface area contributed by atoms with Crippen molar-refractivity contribution in [2.75, 3.05) is 0 Å². The standard InChI is InChI=1S/2C21H25.2C10H15.2C3H6.2ClH.2Zr/c2*1-20(2,3)16-9-7-14-11-15-8-10-17(21(4,5)6)13-19(15)18(14)12-16;2*1-8-5-6-9(7-8)10(2,3)4;2*1-3-2;;;;/h2*7,9-10,12-13H,11H2,1-6H3;2*6-8H,1-4H3;2*1-2H3;2*1H;;/q4*-1;;;;;2*+2/p-2. The Balaban J connectivity index is 0.000000473. The SMILES string of the molecule is CC(C)(C)c1c[c-]c2c(c1)-c1cc(C(C)(C)C)ccc1C2.CC(C)(C)c1c[c-]c2c(c1)-c1cc(C(C)(C)C)ccc1C2.CC1[C-]=CC(C(C)(C)C)=C1.CC1[C-]=CC(C(C)(C)C)=C1.C[C](C)=[Zr+2].C[C](C)=[Zr+2].[Cl-].[Cl-]. The van der Waals surface area contributed by atoms with Crippen LogP contribution in [0.25, 0.3) is 22.3 Å². The molecule has 0 heterocycles. The van der Waals surface area contributed by atoms with Crippen molar-refractivity contribution in [2.24, 2.45) is 22.7 Å². The van der Waals surface area contributed by atoms with Crippen molar-refractivity contribution >= 4 is 6.41 Å². The minimum atomic E-state index is 0. The number of hydrogen-bond acceptors (Lipinski definition) is 0. The summed E-state index contributed by atoms with van der Waals surface area (Å²) < 4.78 is 3.01. The minimum Gasteiger partial charge on any atom is -1.00 e. The van der Waals surface area contributed by atoms with E-state index in [1.165, 1.54) is 84.3 Å². The number of allylic oxidation sites excluding steroid dienone is 8. The summed E-state index contributed by atoms with van der Waals surface area (Å²) >= 11 is 3.11. The summed E-state index contributed by atoms with van der Waals surface area (Å²) in [4.78, 5) is 0. The van der Waals surface area contributed by atoms with Crippen molar-refractivity contribution in [1.29, 1.82) is 0 Å². The second kappa shape index (κ2) is 27.3. The van der Waals surface area contributed by atoms with Crippen molar-refractivity contribution in [3.05, 3.63) is 165 Å². The van der Waals surface area contributed by atoms with Crippen LogP contribution >= 0.6 is 0 Å². The Bertz CT molecular complexity index is 2270. The first-order valence-corrected chi connectivity index (χ1v) is 28.3. The molecule has 0 aromatic heterocycles. The molecule has 0 nitrogen and oxygen atoms in total. The van der Waals surface area contributed by atoms with E-state index < -0.39 is 0 Å². The molecule has 0 fully saturated rings. The molecule has 4 aromatic carbocycles. The molecule has 0 saturated heterocycles. The zero-order valence-electron chi connectivity index (χ0n) is 49.4. The van der Waals surface area contributed by atoms with Crippen molar-refractivity contribution in [2.45, 2.75) is 201 Å². The topological polar surface area (TPSA) is 0 Å². The molecule has 2 atom stereocenters. The predicted octanol–water partition coefficient (Wildman–Crippen LogP) is 12.7. The van der Waals surface area contributed by atoms with Crippen LogP contribution in [-0.2, 0) is 83.0 Å². The van der Waals surface area contributed by atoms with E-state index in [0.717, 1.165) is 12.8 Å². The second-order valence-corrected chi connectivity index (χ2v) is 31.5. The number of rotatable bonds is 0. The van der Waals surface area contributed by atoms with E-state index in [1.54, 1.807) is 48.5 Å². The molecular weight excluding hydrogens is 1070 g/mol. The molecule has 4 aromatic rings. The van der Waals surface area contributed by atoms with Gasteiger partial charge in [0.25, 0.3) is 0 Å². The molecule has 4 aliphatic rings. The monoisotopic (exact) mass is 1160 g/mol. The molecule has 0 aliphatic heterocycles. The van der Waals surface area contributed by atoms with Crippen molar-refractivity contribution in [1.82, 2.24) is 0 Å². The number of benzene rings is 4. The zero-order chi connectivity index (χ0) is 53.5. The summed E-state index contributed by atoms with van der Waals surface area (Å²) in [6, 6.07) is 30.1. The van der Waals surface area contributed by atoms with Crippen LogP contribution in [0.2, 0.25) is 0 Å².